The van der Waals surface area contributed by atoms with Crippen LogP contribution in [0.1, 0.15) is 37.3 Å². The number of hydrogen-bond donors (Lipinski definition) is 2. The Morgan fingerprint density at radius 3 is 2.84 bits per heavy atom. The standard InChI is InChI=1S/C16H24N2O/c1-13-7-3-4-8-14(13)9-12-17-15(19)16(2)10-5-6-11-18-16/h3-4,7-8,18H,5-6,9-12H2,1-2H3,(H,17,19). The molecule has 1 saturated heterocycles. The molecule has 1 atom stereocenters. The molecule has 1 aromatic carbocycles. The topological polar surface area (TPSA) is 41.1 Å². The molecule has 0 bridgehead atoms. The molecule has 19 heavy (non-hydrogen) atoms. The molecule has 0 aliphatic carbocycles. The Hall–Kier alpha value is -1.35. The van der Waals surface area contributed by atoms with Gasteiger partial charge >= 0.3 is 0 Å². The number of rotatable bonds is 4. The van der Waals surface area contributed by atoms with Crippen LogP contribution in [0.25, 0.3) is 0 Å². The molecule has 0 radical (unpaired) electrons. The minimum atomic E-state index is -0.371. The van der Waals surface area contributed by atoms with E-state index < -0.39 is 0 Å². The average molecular weight is 260 g/mol. The number of nitrogens with one attached hydrogen (secondary N) is 2. The lowest BCUT2D eigenvalue weighted by atomic mass is 9.90. The molecular weight excluding hydrogens is 236 g/mol. The van der Waals surface area contributed by atoms with Gasteiger partial charge in [0, 0.05) is 6.54 Å². The Bertz CT molecular complexity index is 436. The fourth-order valence-corrected chi connectivity index (χ4v) is 2.65. The first-order valence-corrected chi connectivity index (χ1v) is 7.20. The van der Waals surface area contributed by atoms with Crippen molar-refractivity contribution in [1.29, 1.82) is 0 Å². The minimum absolute atomic E-state index is 0.140. The van der Waals surface area contributed by atoms with Gasteiger partial charge in [-0.25, -0.2) is 0 Å². The van der Waals surface area contributed by atoms with Crippen LogP contribution in [0.5, 0.6) is 0 Å². The van der Waals surface area contributed by atoms with Crippen LogP contribution in [0.15, 0.2) is 24.3 Å². The van der Waals surface area contributed by atoms with Crippen LogP contribution in [0.2, 0.25) is 0 Å². The number of hydrogen-bond acceptors (Lipinski definition) is 2. The summed E-state index contributed by atoms with van der Waals surface area (Å²) in [5, 5.41) is 6.41. The Balaban J connectivity index is 1.82. The molecule has 104 valence electrons. The molecule has 1 aromatic rings. The van der Waals surface area contributed by atoms with Gasteiger partial charge in [0.25, 0.3) is 0 Å². The van der Waals surface area contributed by atoms with E-state index in [1.165, 1.54) is 17.5 Å². The number of amides is 1. The van der Waals surface area contributed by atoms with E-state index in [4.69, 9.17) is 0 Å². The first-order chi connectivity index (χ1) is 9.12. The number of carbonyl (C=O) groups is 1. The van der Waals surface area contributed by atoms with E-state index in [1.807, 2.05) is 19.1 Å². The van der Waals surface area contributed by atoms with Gasteiger partial charge in [-0.2, -0.15) is 0 Å². The van der Waals surface area contributed by atoms with E-state index >= 15 is 0 Å². The van der Waals surface area contributed by atoms with Crippen molar-refractivity contribution in [2.75, 3.05) is 13.1 Å². The van der Waals surface area contributed by atoms with E-state index in [9.17, 15) is 4.79 Å². The minimum Gasteiger partial charge on any atom is -0.354 e. The van der Waals surface area contributed by atoms with Crippen LogP contribution >= 0.6 is 0 Å². The summed E-state index contributed by atoms with van der Waals surface area (Å²) in [4.78, 5) is 12.2. The molecule has 1 heterocycles. The molecule has 2 N–H and O–H groups in total. The Kier molecular flexibility index (Phi) is 4.59. The molecule has 2 rings (SSSR count). The fourth-order valence-electron chi connectivity index (χ4n) is 2.65. The fraction of sp³-hybridized carbons (Fsp3) is 0.562. The Morgan fingerprint density at radius 1 is 1.37 bits per heavy atom. The highest BCUT2D eigenvalue weighted by Crippen LogP contribution is 2.18. The summed E-state index contributed by atoms with van der Waals surface area (Å²) in [6, 6.07) is 8.34. The third-order valence-electron chi connectivity index (χ3n) is 4.06. The molecule has 1 fully saturated rings. The van der Waals surface area contributed by atoms with Crippen LogP contribution in [0, 0.1) is 6.92 Å². The van der Waals surface area contributed by atoms with E-state index in [2.05, 4.69) is 29.7 Å². The maximum atomic E-state index is 12.2. The molecule has 0 aromatic heterocycles. The van der Waals surface area contributed by atoms with E-state index in [-0.39, 0.29) is 11.4 Å². The zero-order chi connectivity index (χ0) is 13.7. The van der Waals surface area contributed by atoms with Crippen molar-refractivity contribution in [1.82, 2.24) is 10.6 Å². The smallest absolute Gasteiger partial charge is 0.240 e. The van der Waals surface area contributed by atoms with Gasteiger partial charge in [-0.1, -0.05) is 24.3 Å². The number of carbonyl (C=O) groups excluding carboxylic acids is 1. The summed E-state index contributed by atoms with van der Waals surface area (Å²) in [7, 11) is 0. The predicted octanol–water partition coefficient (Wildman–Crippen LogP) is 2.19. The maximum absolute atomic E-state index is 12.2. The van der Waals surface area contributed by atoms with Gasteiger partial charge in [-0.3, -0.25) is 4.79 Å². The summed E-state index contributed by atoms with van der Waals surface area (Å²) < 4.78 is 0. The Morgan fingerprint density at radius 2 is 2.16 bits per heavy atom. The van der Waals surface area contributed by atoms with Crippen molar-refractivity contribution in [3.63, 3.8) is 0 Å². The van der Waals surface area contributed by atoms with Crippen molar-refractivity contribution in [3.05, 3.63) is 35.4 Å². The predicted molar refractivity (Wildman–Crippen MR) is 78.2 cm³/mol. The molecule has 0 spiro atoms. The molecule has 1 aliphatic heterocycles. The van der Waals surface area contributed by atoms with Gasteiger partial charge in [0.05, 0.1) is 5.54 Å². The summed E-state index contributed by atoms with van der Waals surface area (Å²) in [5.74, 6) is 0.140. The lowest BCUT2D eigenvalue weighted by Crippen LogP contribution is -2.57. The van der Waals surface area contributed by atoms with Gasteiger partial charge in [-0.05, 0) is 57.2 Å². The molecule has 3 heteroatoms. The van der Waals surface area contributed by atoms with Crippen molar-refractivity contribution in [2.45, 2.75) is 45.1 Å². The quantitative estimate of drug-likeness (QED) is 0.871. The van der Waals surface area contributed by atoms with Gasteiger partial charge in [-0.15, -0.1) is 0 Å². The van der Waals surface area contributed by atoms with E-state index in [0.717, 1.165) is 25.8 Å². The summed E-state index contributed by atoms with van der Waals surface area (Å²) in [6.45, 7) is 5.78. The highest BCUT2D eigenvalue weighted by atomic mass is 16.2. The van der Waals surface area contributed by atoms with Crippen molar-refractivity contribution in [3.8, 4) is 0 Å². The molecular formula is C16H24N2O. The number of piperidine rings is 1. The first kappa shape index (κ1) is 14.1. The van der Waals surface area contributed by atoms with Gasteiger partial charge in [0.1, 0.15) is 0 Å². The number of aryl methyl sites for hydroxylation is 1. The first-order valence-electron chi connectivity index (χ1n) is 7.20. The van der Waals surface area contributed by atoms with Crippen LogP contribution < -0.4 is 10.6 Å². The average Bonchev–Trinajstić information content (AvgIpc) is 2.41. The van der Waals surface area contributed by atoms with E-state index in [1.54, 1.807) is 0 Å². The zero-order valence-corrected chi connectivity index (χ0v) is 12.0. The second-order valence-electron chi connectivity index (χ2n) is 5.65. The molecule has 1 amide bonds. The van der Waals surface area contributed by atoms with Crippen LogP contribution in [-0.4, -0.2) is 24.5 Å². The molecule has 3 nitrogen and oxygen atoms in total. The van der Waals surface area contributed by atoms with Gasteiger partial charge in [0.2, 0.25) is 5.91 Å². The van der Waals surface area contributed by atoms with E-state index in [0.29, 0.717) is 6.54 Å². The second kappa shape index (κ2) is 6.20. The number of benzene rings is 1. The molecule has 0 saturated carbocycles. The summed E-state index contributed by atoms with van der Waals surface area (Å²) in [5.41, 5.74) is 2.23. The van der Waals surface area contributed by atoms with Crippen LogP contribution in [0.4, 0.5) is 0 Å². The van der Waals surface area contributed by atoms with Crippen molar-refractivity contribution >= 4 is 5.91 Å². The van der Waals surface area contributed by atoms with Gasteiger partial charge in [0.15, 0.2) is 0 Å². The highest BCUT2D eigenvalue weighted by Gasteiger charge is 2.33. The summed E-state index contributed by atoms with van der Waals surface area (Å²) >= 11 is 0. The van der Waals surface area contributed by atoms with Crippen LogP contribution in [0.3, 0.4) is 0 Å². The maximum Gasteiger partial charge on any atom is 0.240 e. The third kappa shape index (κ3) is 3.57. The Labute approximate surface area is 115 Å². The largest absolute Gasteiger partial charge is 0.354 e. The molecule has 1 aliphatic rings. The lowest BCUT2D eigenvalue weighted by molar-refractivity contribution is -0.127. The second-order valence-corrected chi connectivity index (χ2v) is 5.65. The van der Waals surface area contributed by atoms with Gasteiger partial charge < -0.3 is 10.6 Å². The summed E-state index contributed by atoms with van der Waals surface area (Å²) in [6.07, 6.45) is 4.14. The zero-order valence-electron chi connectivity index (χ0n) is 12.0. The van der Waals surface area contributed by atoms with Crippen molar-refractivity contribution < 1.29 is 4.79 Å². The normalized spacial score (nSPS) is 23.1. The highest BCUT2D eigenvalue weighted by molar-refractivity contribution is 5.85. The monoisotopic (exact) mass is 260 g/mol. The SMILES string of the molecule is Cc1ccccc1CCNC(=O)C1(C)CCCCN1. The third-order valence-corrected chi connectivity index (χ3v) is 4.06. The van der Waals surface area contributed by atoms with Crippen LogP contribution in [-0.2, 0) is 11.2 Å². The molecule has 1 unspecified atom stereocenters. The van der Waals surface area contributed by atoms with Crippen molar-refractivity contribution in [2.24, 2.45) is 0 Å². The lowest BCUT2D eigenvalue weighted by Gasteiger charge is -2.33.